The van der Waals surface area contributed by atoms with Crippen LogP contribution in [0.5, 0.6) is 0 Å². The minimum Gasteiger partial charge on any atom is -0.465 e. The predicted octanol–water partition coefficient (Wildman–Crippen LogP) is 1.73. The minimum atomic E-state index is -4.54. The number of likely N-dealkylation sites (tertiary alicyclic amines) is 1. The molecule has 22 heavy (non-hydrogen) atoms. The van der Waals surface area contributed by atoms with Crippen LogP contribution < -0.4 is 10.2 Å². The van der Waals surface area contributed by atoms with Crippen LogP contribution in [0.1, 0.15) is 12.0 Å². The summed E-state index contributed by atoms with van der Waals surface area (Å²) in [5.74, 6) is -0.188. The maximum atomic E-state index is 12.9. The number of amides is 1. The molecule has 0 radical (unpaired) electrons. The van der Waals surface area contributed by atoms with Crippen molar-refractivity contribution in [3.05, 3.63) is 11.8 Å². The molecule has 1 atom stereocenters. The molecule has 7 nitrogen and oxygen atoms in total. The summed E-state index contributed by atoms with van der Waals surface area (Å²) in [4.78, 5) is 20.9. The van der Waals surface area contributed by atoms with Gasteiger partial charge < -0.3 is 20.2 Å². The lowest BCUT2D eigenvalue weighted by molar-refractivity contribution is -0.137. The molecule has 1 aliphatic heterocycles. The van der Waals surface area contributed by atoms with Crippen molar-refractivity contribution in [2.75, 3.05) is 37.4 Å². The Labute approximate surface area is 124 Å². The first kappa shape index (κ1) is 16.1. The fraction of sp³-hybridized carbons (Fsp3) is 0.583. The van der Waals surface area contributed by atoms with E-state index >= 15 is 0 Å². The Morgan fingerprint density at radius 2 is 2.18 bits per heavy atom. The lowest BCUT2D eigenvalue weighted by Gasteiger charge is -2.20. The molecule has 2 heterocycles. The topological polar surface area (TPSA) is 81.6 Å². The highest BCUT2D eigenvalue weighted by Crippen LogP contribution is 2.34. The van der Waals surface area contributed by atoms with Gasteiger partial charge in [-0.1, -0.05) is 0 Å². The smallest absolute Gasteiger partial charge is 0.421 e. The van der Waals surface area contributed by atoms with Gasteiger partial charge in [0, 0.05) is 39.4 Å². The number of nitrogens with one attached hydrogen (secondary N) is 1. The van der Waals surface area contributed by atoms with Gasteiger partial charge in [-0.25, -0.2) is 9.78 Å². The summed E-state index contributed by atoms with van der Waals surface area (Å²) in [6, 6.07) is -0.220. The Morgan fingerprint density at radius 3 is 2.68 bits per heavy atom. The summed E-state index contributed by atoms with van der Waals surface area (Å²) in [6.07, 6.45) is -4.28. The molecule has 1 amide bonds. The average molecular weight is 319 g/mol. The lowest BCUT2D eigenvalue weighted by atomic mass is 10.2. The van der Waals surface area contributed by atoms with E-state index in [0.717, 1.165) is 6.20 Å². The Bertz CT molecular complexity index is 564. The quantitative estimate of drug-likeness (QED) is 0.883. The van der Waals surface area contributed by atoms with Crippen LogP contribution in [0.4, 0.5) is 29.7 Å². The minimum absolute atomic E-state index is 0.0499. The fourth-order valence-corrected chi connectivity index (χ4v) is 2.22. The van der Waals surface area contributed by atoms with Gasteiger partial charge in [-0.2, -0.15) is 18.2 Å². The van der Waals surface area contributed by atoms with Crippen molar-refractivity contribution in [2.45, 2.75) is 18.6 Å². The van der Waals surface area contributed by atoms with Gasteiger partial charge in [0.25, 0.3) is 0 Å². The molecule has 0 aromatic carbocycles. The van der Waals surface area contributed by atoms with Crippen LogP contribution in [-0.2, 0) is 6.18 Å². The van der Waals surface area contributed by atoms with Crippen molar-refractivity contribution >= 4 is 17.9 Å². The molecule has 122 valence electrons. The maximum Gasteiger partial charge on any atom is 0.421 e. The Kier molecular flexibility index (Phi) is 4.29. The third-order valence-corrected chi connectivity index (χ3v) is 3.29. The van der Waals surface area contributed by atoms with Crippen molar-refractivity contribution in [1.29, 1.82) is 0 Å². The van der Waals surface area contributed by atoms with Gasteiger partial charge in [0.15, 0.2) is 0 Å². The van der Waals surface area contributed by atoms with E-state index < -0.39 is 17.8 Å². The molecule has 1 saturated heterocycles. The first-order valence-corrected chi connectivity index (χ1v) is 6.54. The zero-order valence-corrected chi connectivity index (χ0v) is 12.1. The van der Waals surface area contributed by atoms with E-state index in [1.165, 1.54) is 23.9 Å². The summed E-state index contributed by atoms with van der Waals surface area (Å²) in [5.41, 5.74) is -0.915. The van der Waals surface area contributed by atoms with E-state index in [1.54, 1.807) is 0 Å². The highest BCUT2D eigenvalue weighted by molar-refractivity contribution is 5.65. The van der Waals surface area contributed by atoms with Crippen LogP contribution in [0.15, 0.2) is 6.20 Å². The standard InChI is InChI=1S/C12H16F3N5O2/c1-19(2)9-8(12(13,14)15)5-16-10(18-9)17-7-3-4-20(6-7)11(21)22/h5,7H,3-4,6H2,1-2H3,(H,21,22)(H,16,17,18)/t7-/m1/s1. The lowest BCUT2D eigenvalue weighted by Crippen LogP contribution is -2.30. The second-order valence-electron chi connectivity index (χ2n) is 5.18. The summed E-state index contributed by atoms with van der Waals surface area (Å²) in [7, 11) is 2.92. The van der Waals surface area contributed by atoms with Gasteiger partial charge in [0.1, 0.15) is 11.4 Å². The van der Waals surface area contributed by atoms with Gasteiger partial charge >= 0.3 is 12.3 Å². The van der Waals surface area contributed by atoms with Gasteiger partial charge in [0.05, 0.1) is 0 Å². The number of anilines is 2. The van der Waals surface area contributed by atoms with Crippen molar-refractivity contribution in [3.8, 4) is 0 Å². The van der Waals surface area contributed by atoms with E-state index in [4.69, 9.17) is 5.11 Å². The summed E-state index contributed by atoms with van der Waals surface area (Å²) in [6.45, 7) is 0.616. The Morgan fingerprint density at radius 1 is 1.50 bits per heavy atom. The third-order valence-electron chi connectivity index (χ3n) is 3.29. The summed E-state index contributed by atoms with van der Waals surface area (Å²) >= 11 is 0. The van der Waals surface area contributed by atoms with E-state index in [9.17, 15) is 18.0 Å². The monoisotopic (exact) mass is 319 g/mol. The van der Waals surface area contributed by atoms with Crippen LogP contribution in [0.25, 0.3) is 0 Å². The van der Waals surface area contributed by atoms with Crippen LogP contribution in [-0.4, -0.2) is 59.3 Å². The third kappa shape index (κ3) is 3.49. The zero-order valence-electron chi connectivity index (χ0n) is 12.1. The van der Waals surface area contributed by atoms with Crippen LogP contribution in [0.3, 0.4) is 0 Å². The molecule has 0 aliphatic carbocycles. The molecule has 0 spiro atoms. The molecule has 1 fully saturated rings. The number of carbonyl (C=O) groups is 1. The first-order chi connectivity index (χ1) is 10.2. The molecule has 0 unspecified atom stereocenters. The van der Waals surface area contributed by atoms with Crippen LogP contribution >= 0.6 is 0 Å². The van der Waals surface area contributed by atoms with Gasteiger partial charge in [-0.3, -0.25) is 0 Å². The number of hydrogen-bond donors (Lipinski definition) is 2. The second-order valence-corrected chi connectivity index (χ2v) is 5.18. The number of alkyl halides is 3. The molecular weight excluding hydrogens is 303 g/mol. The zero-order chi connectivity index (χ0) is 16.5. The number of rotatable bonds is 3. The van der Waals surface area contributed by atoms with Crippen molar-refractivity contribution in [3.63, 3.8) is 0 Å². The fourth-order valence-electron chi connectivity index (χ4n) is 2.22. The number of halogens is 3. The molecule has 1 aromatic heterocycles. The average Bonchev–Trinajstić information content (AvgIpc) is 2.86. The van der Waals surface area contributed by atoms with Crippen LogP contribution in [0.2, 0.25) is 0 Å². The normalized spacial score (nSPS) is 18.4. The van der Waals surface area contributed by atoms with E-state index in [1.807, 2.05) is 0 Å². The largest absolute Gasteiger partial charge is 0.465 e. The van der Waals surface area contributed by atoms with Gasteiger partial charge in [-0.05, 0) is 6.42 Å². The highest BCUT2D eigenvalue weighted by atomic mass is 19.4. The molecular formula is C12H16F3N5O2. The van der Waals surface area contributed by atoms with Gasteiger partial charge in [-0.15, -0.1) is 0 Å². The molecule has 10 heteroatoms. The SMILES string of the molecule is CN(C)c1nc(N[C@@H]2CCN(C(=O)O)C2)ncc1C(F)(F)F. The van der Waals surface area contributed by atoms with Gasteiger partial charge in [0.2, 0.25) is 5.95 Å². The molecule has 1 aromatic rings. The summed E-state index contributed by atoms with van der Waals surface area (Å²) in [5, 5.41) is 11.8. The van der Waals surface area contributed by atoms with Crippen molar-refractivity contribution in [1.82, 2.24) is 14.9 Å². The molecule has 1 aliphatic rings. The van der Waals surface area contributed by atoms with E-state index in [0.29, 0.717) is 13.0 Å². The second kappa shape index (κ2) is 5.85. The molecule has 0 saturated carbocycles. The van der Waals surface area contributed by atoms with Crippen molar-refractivity contribution < 1.29 is 23.1 Å². The van der Waals surface area contributed by atoms with E-state index in [-0.39, 0.29) is 24.4 Å². The number of hydrogen-bond acceptors (Lipinski definition) is 5. The Hall–Kier alpha value is -2.26. The first-order valence-electron chi connectivity index (χ1n) is 6.54. The van der Waals surface area contributed by atoms with E-state index in [2.05, 4.69) is 15.3 Å². The predicted molar refractivity (Wildman–Crippen MR) is 73.0 cm³/mol. The van der Waals surface area contributed by atoms with Crippen LogP contribution in [0, 0.1) is 0 Å². The van der Waals surface area contributed by atoms with Crippen molar-refractivity contribution in [2.24, 2.45) is 0 Å². The highest BCUT2D eigenvalue weighted by Gasteiger charge is 2.36. The number of nitrogens with zero attached hydrogens (tertiary/aromatic N) is 4. The maximum absolute atomic E-state index is 12.9. The Balaban J connectivity index is 2.16. The summed E-state index contributed by atoms with van der Waals surface area (Å²) < 4.78 is 38.7. The number of carboxylic acid groups (broad SMARTS) is 1. The molecule has 2 rings (SSSR count). The number of aromatic nitrogens is 2. The molecule has 0 bridgehead atoms. The molecule has 2 N–H and O–H groups in total.